The van der Waals surface area contributed by atoms with E-state index >= 15 is 0 Å². The molecule has 0 fully saturated rings. The first-order chi connectivity index (χ1) is 17.6. The number of ether oxygens (including phenoxy) is 2. The lowest BCUT2D eigenvalue weighted by Gasteiger charge is -2.15. The fraction of sp³-hybridized carbons (Fsp3) is 0.310. The minimum atomic E-state index is -4.65. The lowest BCUT2D eigenvalue weighted by atomic mass is 9.95. The molecule has 0 aromatic heterocycles. The summed E-state index contributed by atoms with van der Waals surface area (Å²) in [6.07, 6.45) is -3.06. The first-order valence-corrected chi connectivity index (χ1v) is 12.0. The summed E-state index contributed by atoms with van der Waals surface area (Å²) in [4.78, 5) is 24.0. The number of benzene rings is 3. The molecule has 8 heteroatoms. The first-order valence-electron chi connectivity index (χ1n) is 12.0. The number of rotatable bonds is 12. The molecule has 0 amide bonds. The number of alkyl halides is 3. The molecular weight excluding hydrogens is 485 g/mol. The van der Waals surface area contributed by atoms with Crippen LogP contribution in [0.4, 0.5) is 13.2 Å². The average molecular weight is 515 g/mol. The van der Waals surface area contributed by atoms with Crippen LogP contribution in [0.3, 0.4) is 0 Å². The van der Waals surface area contributed by atoms with Crippen molar-refractivity contribution in [1.29, 1.82) is 0 Å². The van der Waals surface area contributed by atoms with Crippen molar-refractivity contribution in [3.8, 4) is 11.5 Å². The Morgan fingerprint density at radius 3 is 2.32 bits per heavy atom. The molecule has 0 heterocycles. The summed E-state index contributed by atoms with van der Waals surface area (Å²) in [7, 11) is 0. The molecule has 0 atom stereocenters. The zero-order valence-corrected chi connectivity index (χ0v) is 20.7. The van der Waals surface area contributed by atoms with Crippen LogP contribution in [0.5, 0.6) is 11.5 Å². The van der Waals surface area contributed by atoms with Gasteiger partial charge >= 0.3 is 12.1 Å². The van der Waals surface area contributed by atoms with E-state index in [-0.39, 0.29) is 24.3 Å². The number of hydrogen-bond donors (Lipinski definition) is 1. The molecule has 0 aliphatic rings. The lowest BCUT2D eigenvalue weighted by molar-refractivity contribution is -0.138. The van der Waals surface area contributed by atoms with Gasteiger partial charge in [-0.2, -0.15) is 13.2 Å². The fourth-order valence-corrected chi connectivity index (χ4v) is 3.89. The summed E-state index contributed by atoms with van der Waals surface area (Å²) in [6, 6.07) is 15.2. The van der Waals surface area contributed by atoms with Gasteiger partial charge in [0.05, 0.1) is 24.3 Å². The van der Waals surface area contributed by atoms with Gasteiger partial charge in [-0.25, -0.2) is 0 Å². The van der Waals surface area contributed by atoms with Crippen LogP contribution in [0.2, 0.25) is 0 Å². The maximum Gasteiger partial charge on any atom is 0.417 e. The third-order valence-corrected chi connectivity index (χ3v) is 5.91. The predicted molar refractivity (Wildman–Crippen MR) is 133 cm³/mol. The second-order valence-corrected chi connectivity index (χ2v) is 8.59. The van der Waals surface area contributed by atoms with Gasteiger partial charge in [0.2, 0.25) is 0 Å². The molecule has 0 bridgehead atoms. The molecule has 37 heavy (non-hydrogen) atoms. The van der Waals surface area contributed by atoms with Gasteiger partial charge < -0.3 is 14.6 Å². The van der Waals surface area contributed by atoms with Crippen LogP contribution in [0.1, 0.15) is 57.9 Å². The van der Waals surface area contributed by atoms with E-state index in [2.05, 4.69) is 0 Å². The number of carboxylic acids is 1. The number of ketones is 1. The number of hydrogen-bond acceptors (Lipinski definition) is 4. The number of carboxylic acid groups (broad SMARTS) is 1. The number of carbonyl (C=O) groups is 2. The van der Waals surface area contributed by atoms with Crippen molar-refractivity contribution in [1.82, 2.24) is 0 Å². The topological polar surface area (TPSA) is 72.8 Å². The Morgan fingerprint density at radius 2 is 1.65 bits per heavy atom. The van der Waals surface area contributed by atoms with Crippen LogP contribution >= 0.6 is 0 Å². The van der Waals surface area contributed by atoms with E-state index in [4.69, 9.17) is 14.6 Å². The van der Waals surface area contributed by atoms with Gasteiger partial charge in [0.25, 0.3) is 0 Å². The van der Waals surface area contributed by atoms with E-state index in [0.29, 0.717) is 31.6 Å². The highest BCUT2D eigenvalue weighted by molar-refractivity contribution is 6.11. The van der Waals surface area contributed by atoms with Gasteiger partial charge in [-0.1, -0.05) is 37.3 Å². The summed E-state index contributed by atoms with van der Waals surface area (Å²) in [5, 5.41) is 8.84. The van der Waals surface area contributed by atoms with Crippen molar-refractivity contribution < 1.29 is 37.3 Å². The average Bonchev–Trinajstić information content (AvgIpc) is 2.87. The van der Waals surface area contributed by atoms with E-state index in [9.17, 15) is 22.8 Å². The summed E-state index contributed by atoms with van der Waals surface area (Å²) in [5.41, 5.74) is 1.38. The highest BCUT2D eigenvalue weighted by atomic mass is 19.4. The molecule has 0 unspecified atom stereocenters. The molecule has 0 spiro atoms. The van der Waals surface area contributed by atoms with Gasteiger partial charge in [0.15, 0.2) is 5.78 Å². The van der Waals surface area contributed by atoms with Crippen molar-refractivity contribution in [3.63, 3.8) is 0 Å². The van der Waals surface area contributed by atoms with Crippen molar-refractivity contribution >= 4 is 11.8 Å². The number of aryl methyl sites for hydroxylation is 3. The van der Waals surface area contributed by atoms with E-state index in [1.54, 1.807) is 24.3 Å². The summed E-state index contributed by atoms with van der Waals surface area (Å²) in [6.45, 7) is 4.30. The van der Waals surface area contributed by atoms with Crippen molar-refractivity contribution in [2.75, 3.05) is 13.2 Å². The Labute approximate surface area is 213 Å². The van der Waals surface area contributed by atoms with Gasteiger partial charge in [-0.3, -0.25) is 9.59 Å². The monoisotopic (exact) mass is 514 g/mol. The molecule has 0 aliphatic carbocycles. The molecule has 196 valence electrons. The molecule has 0 saturated heterocycles. The highest BCUT2D eigenvalue weighted by Crippen LogP contribution is 2.34. The van der Waals surface area contributed by atoms with Gasteiger partial charge in [-0.05, 0) is 66.8 Å². The Hall–Kier alpha value is -3.81. The van der Waals surface area contributed by atoms with E-state index in [1.807, 2.05) is 26.0 Å². The van der Waals surface area contributed by atoms with Gasteiger partial charge in [-0.15, -0.1) is 0 Å². The minimum absolute atomic E-state index is 0.0594. The fourth-order valence-electron chi connectivity index (χ4n) is 3.89. The van der Waals surface area contributed by atoms with Crippen molar-refractivity contribution in [2.45, 2.75) is 45.7 Å². The maximum absolute atomic E-state index is 13.5. The third-order valence-electron chi connectivity index (χ3n) is 5.91. The molecule has 3 aromatic carbocycles. The lowest BCUT2D eigenvalue weighted by Crippen LogP contribution is -2.15. The minimum Gasteiger partial charge on any atom is -0.493 e. The Kier molecular flexibility index (Phi) is 9.33. The smallest absolute Gasteiger partial charge is 0.417 e. The Balaban J connectivity index is 1.65. The molecule has 1 N–H and O–H groups in total. The van der Waals surface area contributed by atoms with Crippen LogP contribution < -0.4 is 9.47 Å². The summed E-state index contributed by atoms with van der Waals surface area (Å²) < 4.78 is 52.0. The summed E-state index contributed by atoms with van der Waals surface area (Å²) in [5.74, 6) is -0.729. The van der Waals surface area contributed by atoms with E-state index in [0.717, 1.165) is 22.8 Å². The van der Waals surface area contributed by atoms with Crippen molar-refractivity contribution in [3.05, 3.63) is 94.0 Å². The van der Waals surface area contributed by atoms with Crippen molar-refractivity contribution in [2.24, 2.45) is 0 Å². The molecule has 5 nitrogen and oxygen atoms in total. The molecule has 3 aromatic rings. The largest absolute Gasteiger partial charge is 0.493 e. The maximum atomic E-state index is 13.5. The Morgan fingerprint density at radius 1 is 0.919 bits per heavy atom. The molecule has 3 rings (SSSR count). The van der Waals surface area contributed by atoms with Crippen LogP contribution in [0, 0.1) is 6.92 Å². The van der Waals surface area contributed by atoms with Gasteiger partial charge in [0.1, 0.15) is 11.5 Å². The van der Waals surface area contributed by atoms with E-state index < -0.39 is 29.1 Å². The molecular formula is C29H29F3O5. The Bertz CT molecular complexity index is 1250. The van der Waals surface area contributed by atoms with Crippen LogP contribution in [0.15, 0.2) is 60.7 Å². The number of carbonyl (C=O) groups excluding carboxylic acids is 1. The second-order valence-electron chi connectivity index (χ2n) is 8.59. The number of halogens is 3. The highest BCUT2D eigenvalue weighted by Gasteiger charge is 2.35. The third kappa shape index (κ3) is 7.59. The number of aliphatic carboxylic acids is 1. The first kappa shape index (κ1) is 27.8. The second kappa shape index (κ2) is 12.4. The molecule has 0 aliphatic heterocycles. The van der Waals surface area contributed by atoms with Crippen LogP contribution in [-0.2, 0) is 23.8 Å². The summed E-state index contributed by atoms with van der Waals surface area (Å²) >= 11 is 0. The van der Waals surface area contributed by atoms with Crippen LogP contribution in [0.25, 0.3) is 0 Å². The molecule has 0 radical (unpaired) electrons. The normalized spacial score (nSPS) is 11.3. The zero-order valence-electron chi connectivity index (χ0n) is 20.7. The quantitative estimate of drug-likeness (QED) is 0.216. The predicted octanol–water partition coefficient (Wildman–Crippen LogP) is 6.67. The van der Waals surface area contributed by atoms with E-state index in [1.165, 1.54) is 18.2 Å². The van der Waals surface area contributed by atoms with Gasteiger partial charge in [0, 0.05) is 18.4 Å². The SMILES string of the molecule is CCc1ccc(OCCCOc2ccc(CCC(=O)O)c(C)c2)c(C(=O)c2ccccc2C(F)(F)F)c1. The molecule has 0 saturated carbocycles. The van der Waals surface area contributed by atoms with Crippen LogP contribution in [-0.4, -0.2) is 30.1 Å². The zero-order chi connectivity index (χ0) is 27.0. The standard InChI is InChI=1S/C29H29F3O5/c1-3-20-9-13-26(24(18-20)28(35)23-7-4-5-8-25(23)29(30,31)32)37-16-6-15-36-22-12-10-21(19(2)17-22)11-14-27(33)34/h4-5,7-10,12-13,17-18H,3,6,11,14-16H2,1-2H3,(H,33,34).